The van der Waals surface area contributed by atoms with E-state index in [4.69, 9.17) is 13.9 Å². The lowest BCUT2D eigenvalue weighted by Gasteiger charge is -2.07. The Morgan fingerprint density at radius 3 is 2.57 bits per heavy atom. The topological polar surface area (TPSA) is 77.8 Å². The van der Waals surface area contributed by atoms with Gasteiger partial charge in [0, 0.05) is 16.5 Å². The molecule has 6 heteroatoms. The Hall–Kier alpha value is -4.06. The maximum absolute atomic E-state index is 13.3. The molecule has 1 aliphatic rings. The number of rotatable bonds is 4. The molecule has 3 aromatic carbocycles. The number of fused-ring (bicyclic) bond motifs is 2. The minimum Gasteiger partial charge on any atom is -0.454 e. The van der Waals surface area contributed by atoms with Gasteiger partial charge in [-0.3, -0.25) is 9.59 Å². The van der Waals surface area contributed by atoms with Crippen LogP contribution in [0.4, 0.5) is 5.69 Å². The number of carbonyl (C=O) groups is 2. The molecule has 5 rings (SSSR count). The first kappa shape index (κ1) is 18.0. The number of hydrogen-bond acceptors (Lipinski definition) is 5. The first-order valence-corrected chi connectivity index (χ1v) is 9.44. The Kier molecular flexibility index (Phi) is 4.25. The van der Waals surface area contributed by atoms with Gasteiger partial charge >= 0.3 is 0 Å². The van der Waals surface area contributed by atoms with Crippen LogP contribution in [0.2, 0.25) is 0 Å². The molecular weight excluding hydrogens is 382 g/mol. The van der Waals surface area contributed by atoms with Crippen molar-refractivity contribution in [2.45, 2.75) is 6.92 Å². The highest BCUT2D eigenvalue weighted by molar-refractivity contribution is 6.19. The highest BCUT2D eigenvalue weighted by Gasteiger charge is 2.25. The molecule has 0 unspecified atom stereocenters. The van der Waals surface area contributed by atoms with Gasteiger partial charge in [0.05, 0.1) is 5.69 Å². The largest absolute Gasteiger partial charge is 0.454 e. The Balaban J connectivity index is 1.57. The molecule has 1 N–H and O–H groups in total. The molecule has 0 saturated carbocycles. The molecular formula is C24H17NO5. The highest BCUT2D eigenvalue weighted by Crippen LogP contribution is 2.36. The van der Waals surface area contributed by atoms with Crippen molar-refractivity contribution in [3.8, 4) is 11.5 Å². The van der Waals surface area contributed by atoms with Gasteiger partial charge in [0.15, 0.2) is 17.3 Å². The number of amides is 1. The predicted molar refractivity (Wildman–Crippen MR) is 111 cm³/mol. The first-order chi connectivity index (χ1) is 14.6. The van der Waals surface area contributed by atoms with Crippen LogP contribution in [0.5, 0.6) is 11.5 Å². The third kappa shape index (κ3) is 3.08. The number of hydrogen-bond donors (Lipinski definition) is 1. The van der Waals surface area contributed by atoms with Crippen molar-refractivity contribution in [1.29, 1.82) is 0 Å². The minimum absolute atomic E-state index is 0.0658. The summed E-state index contributed by atoms with van der Waals surface area (Å²) in [5.41, 5.74) is 2.71. The van der Waals surface area contributed by atoms with Crippen molar-refractivity contribution in [2.24, 2.45) is 0 Å². The molecule has 0 radical (unpaired) electrons. The third-order valence-corrected chi connectivity index (χ3v) is 4.96. The number of anilines is 1. The van der Waals surface area contributed by atoms with Crippen LogP contribution in [-0.4, -0.2) is 18.5 Å². The molecule has 0 aliphatic carbocycles. The lowest BCUT2D eigenvalue weighted by atomic mass is 10.1. The molecule has 1 amide bonds. The molecule has 1 aromatic heterocycles. The Morgan fingerprint density at radius 2 is 1.70 bits per heavy atom. The summed E-state index contributed by atoms with van der Waals surface area (Å²) in [5.74, 6) is 0.483. The van der Waals surface area contributed by atoms with E-state index >= 15 is 0 Å². The SMILES string of the molecule is Cc1cccc(C(=O)Nc2c(C(=O)c3ccc4c(c3)OCO4)oc3ccccc23)c1. The number of ether oxygens (including phenoxy) is 2. The monoisotopic (exact) mass is 399 g/mol. The molecule has 0 fully saturated rings. The number of carbonyl (C=O) groups excluding carboxylic acids is 2. The summed E-state index contributed by atoms with van der Waals surface area (Å²) in [6, 6.07) is 19.4. The smallest absolute Gasteiger partial charge is 0.255 e. The summed E-state index contributed by atoms with van der Waals surface area (Å²) in [5, 5.41) is 3.53. The van der Waals surface area contributed by atoms with E-state index in [-0.39, 0.29) is 24.2 Å². The number of benzene rings is 3. The third-order valence-electron chi connectivity index (χ3n) is 4.96. The van der Waals surface area contributed by atoms with Crippen LogP contribution in [0.25, 0.3) is 11.0 Å². The summed E-state index contributed by atoms with van der Waals surface area (Å²) in [6.45, 7) is 2.04. The van der Waals surface area contributed by atoms with E-state index in [9.17, 15) is 9.59 Å². The normalized spacial score (nSPS) is 12.2. The molecule has 1 aliphatic heterocycles. The maximum atomic E-state index is 13.3. The second kappa shape index (κ2) is 7.08. The van der Waals surface area contributed by atoms with Crippen molar-refractivity contribution in [2.75, 3.05) is 12.1 Å². The van der Waals surface area contributed by atoms with Gasteiger partial charge in [-0.05, 0) is 49.4 Å². The number of furan rings is 1. The fraction of sp³-hybridized carbons (Fsp3) is 0.0833. The van der Waals surface area contributed by atoms with Crippen LogP contribution in [0.1, 0.15) is 32.0 Å². The van der Waals surface area contributed by atoms with Crippen LogP contribution in [-0.2, 0) is 0 Å². The van der Waals surface area contributed by atoms with Gasteiger partial charge in [-0.1, -0.05) is 29.8 Å². The lowest BCUT2D eigenvalue weighted by molar-refractivity contribution is 0.101. The van der Waals surface area contributed by atoms with E-state index in [0.29, 0.717) is 39.3 Å². The molecule has 0 saturated heterocycles. The number of para-hydroxylation sites is 1. The average Bonchev–Trinajstić information content (AvgIpc) is 3.37. The van der Waals surface area contributed by atoms with Crippen molar-refractivity contribution < 1.29 is 23.5 Å². The zero-order chi connectivity index (χ0) is 20.7. The second-order valence-electron chi connectivity index (χ2n) is 7.02. The second-order valence-corrected chi connectivity index (χ2v) is 7.02. The summed E-state index contributed by atoms with van der Waals surface area (Å²) in [6.07, 6.45) is 0. The molecule has 30 heavy (non-hydrogen) atoms. The molecule has 148 valence electrons. The molecule has 6 nitrogen and oxygen atoms in total. The van der Waals surface area contributed by atoms with E-state index in [1.54, 1.807) is 42.5 Å². The van der Waals surface area contributed by atoms with Crippen LogP contribution < -0.4 is 14.8 Å². The highest BCUT2D eigenvalue weighted by atomic mass is 16.7. The fourth-order valence-electron chi connectivity index (χ4n) is 3.47. The van der Waals surface area contributed by atoms with Gasteiger partial charge in [-0.15, -0.1) is 0 Å². The molecule has 0 spiro atoms. The molecule has 2 heterocycles. The van der Waals surface area contributed by atoms with Crippen LogP contribution >= 0.6 is 0 Å². The quantitative estimate of drug-likeness (QED) is 0.491. The van der Waals surface area contributed by atoms with Gasteiger partial charge in [0.2, 0.25) is 12.6 Å². The van der Waals surface area contributed by atoms with E-state index in [2.05, 4.69) is 5.32 Å². The fourth-order valence-corrected chi connectivity index (χ4v) is 3.47. The van der Waals surface area contributed by atoms with Crippen molar-refractivity contribution in [3.63, 3.8) is 0 Å². The zero-order valence-corrected chi connectivity index (χ0v) is 16.1. The van der Waals surface area contributed by atoms with Crippen LogP contribution in [0.3, 0.4) is 0 Å². The van der Waals surface area contributed by atoms with Gasteiger partial charge in [0.25, 0.3) is 5.91 Å². The predicted octanol–water partition coefficient (Wildman–Crippen LogP) is 4.95. The standard InChI is InChI=1S/C24H17NO5/c1-14-5-4-6-16(11-14)24(27)25-21-17-7-2-3-8-18(17)30-23(21)22(26)15-9-10-19-20(12-15)29-13-28-19/h2-12H,13H2,1H3,(H,25,27). The van der Waals surface area contributed by atoms with E-state index in [1.807, 2.05) is 31.2 Å². The van der Waals surface area contributed by atoms with Crippen molar-refractivity contribution in [3.05, 3.63) is 89.2 Å². The van der Waals surface area contributed by atoms with Gasteiger partial charge < -0.3 is 19.2 Å². The minimum atomic E-state index is -0.357. The zero-order valence-electron chi connectivity index (χ0n) is 16.1. The summed E-state index contributed by atoms with van der Waals surface area (Å²) < 4.78 is 16.5. The van der Waals surface area contributed by atoms with Crippen LogP contribution in [0, 0.1) is 6.92 Å². The number of ketones is 1. The Bertz CT molecular complexity index is 1300. The summed E-state index contributed by atoms with van der Waals surface area (Å²) >= 11 is 0. The van der Waals surface area contributed by atoms with Crippen molar-refractivity contribution >= 4 is 28.3 Å². The summed E-state index contributed by atoms with van der Waals surface area (Å²) in [7, 11) is 0. The first-order valence-electron chi connectivity index (χ1n) is 9.44. The van der Waals surface area contributed by atoms with Crippen molar-refractivity contribution in [1.82, 2.24) is 0 Å². The lowest BCUT2D eigenvalue weighted by Crippen LogP contribution is -2.14. The number of nitrogens with one attached hydrogen (secondary N) is 1. The maximum Gasteiger partial charge on any atom is 0.255 e. The van der Waals surface area contributed by atoms with E-state index in [1.165, 1.54) is 0 Å². The van der Waals surface area contributed by atoms with E-state index < -0.39 is 0 Å². The Labute approximate surface area is 172 Å². The van der Waals surface area contributed by atoms with Gasteiger partial charge in [-0.2, -0.15) is 0 Å². The van der Waals surface area contributed by atoms with Crippen LogP contribution in [0.15, 0.2) is 71.1 Å². The molecule has 4 aromatic rings. The van der Waals surface area contributed by atoms with E-state index in [0.717, 1.165) is 5.56 Å². The number of aryl methyl sites for hydroxylation is 1. The molecule has 0 atom stereocenters. The Morgan fingerprint density at radius 1 is 0.867 bits per heavy atom. The summed E-state index contributed by atoms with van der Waals surface area (Å²) in [4.78, 5) is 26.1. The average molecular weight is 399 g/mol. The van der Waals surface area contributed by atoms with Gasteiger partial charge in [-0.25, -0.2) is 0 Å². The molecule has 0 bridgehead atoms. The van der Waals surface area contributed by atoms with Gasteiger partial charge in [0.1, 0.15) is 5.58 Å².